The molecule has 0 aromatic heterocycles. The van der Waals surface area contributed by atoms with Gasteiger partial charge in [-0.3, -0.25) is 0 Å². The summed E-state index contributed by atoms with van der Waals surface area (Å²) in [5, 5.41) is 0. The summed E-state index contributed by atoms with van der Waals surface area (Å²) < 4.78 is 5.34. The molecule has 70 valence electrons. The lowest BCUT2D eigenvalue weighted by Gasteiger charge is -2.01. The van der Waals surface area contributed by atoms with Crippen molar-refractivity contribution < 1.29 is 4.74 Å². The van der Waals surface area contributed by atoms with E-state index in [1.165, 1.54) is 5.56 Å². The van der Waals surface area contributed by atoms with Gasteiger partial charge in [0, 0.05) is 0 Å². The molecule has 0 bridgehead atoms. The Morgan fingerprint density at radius 2 is 1.85 bits per heavy atom. The molecule has 1 aromatic rings. The average molecular weight is 176 g/mol. The highest BCUT2D eigenvalue weighted by atomic mass is 16.5. The molecule has 1 nitrogen and oxygen atoms in total. The molecular formula is C12H16O. The van der Waals surface area contributed by atoms with Crippen LogP contribution in [0.15, 0.2) is 30.3 Å². The van der Waals surface area contributed by atoms with Crippen molar-refractivity contribution in [1.82, 2.24) is 0 Å². The smallest absolute Gasteiger partial charge is 0.119 e. The number of ether oxygens (including phenoxy) is 1. The minimum absolute atomic E-state index is 0.726. The van der Waals surface area contributed by atoms with Crippen LogP contribution in [0.4, 0.5) is 0 Å². The average Bonchev–Trinajstić information content (AvgIpc) is 2.17. The van der Waals surface area contributed by atoms with Gasteiger partial charge < -0.3 is 4.74 Å². The van der Waals surface area contributed by atoms with Crippen LogP contribution < -0.4 is 4.74 Å². The van der Waals surface area contributed by atoms with Crippen LogP contribution in [0, 0.1) is 0 Å². The summed E-state index contributed by atoms with van der Waals surface area (Å²) >= 11 is 0. The largest absolute Gasteiger partial charge is 0.494 e. The first-order valence-electron chi connectivity index (χ1n) is 4.76. The van der Waals surface area contributed by atoms with Gasteiger partial charge in [-0.15, -0.1) is 0 Å². The van der Waals surface area contributed by atoms with Crippen LogP contribution in [0.2, 0.25) is 0 Å². The molecule has 0 fully saturated rings. The second-order valence-electron chi connectivity index (χ2n) is 2.81. The Balaban J connectivity index is 2.64. The molecule has 1 heteroatoms. The SMILES string of the molecule is CCC=Cc1ccc(OCC)cc1. The molecular weight excluding hydrogens is 160 g/mol. The lowest BCUT2D eigenvalue weighted by Crippen LogP contribution is -1.90. The maximum absolute atomic E-state index is 5.34. The number of allylic oxidation sites excluding steroid dienone is 1. The van der Waals surface area contributed by atoms with Crippen molar-refractivity contribution in [1.29, 1.82) is 0 Å². The van der Waals surface area contributed by atoms with Crippen molar-refractivity contribution in [3.63, 3.8) is 0 Å². The Labute approximate surface area is 80.0 Å². The molecule has 0 saturated heterocycles. The zero-order valence-electron chi connectivity index (χ0n) is 8.29. The molecule has 0 aliphatic rings. The minimum atomic E-state index is 0.726. The fourth-order valence-corrected chi connectivity index (χ4v) is 1.10. The minimum Gasteiger partial charge on any atom is -0.494 e. The highest BCUT2D eigenvalue weighted by molar-refractivity contribution is 5.50. The topological polar surface area (TPSA) is 9.23 Å². The molecule has 0 N–H and O–H groups in total. The quantitative estimate of drug-likeness (QED) is 0.682. The number of benzene rings is 1. The summed E-state index contributed by atoms with van der Waals surface area (Å²) in [5.41, 5.74) is 1.23. The molecule has 0 heterocycles. The summed E-state index contributed by atoms with van der Waals surface area (Å²) in [5.74, 6) is 0.941. The Bertz CT molecular complexity index is 259. The van der Waals surface area contributed by atoms with Crippen LogP contribution in [0.5, 0.6) is 5.75 Å². The van der Waals surface area contributed by atoms with Crippen molar-refractivity contribution in [3.8, 4) is 5.75 Å². The maximum atomic E-state index is 5.34. The summed E-state index contributed by atoms with van der Waals surface area (Å²) in [4.78, 5) is 0. The zero-order chi connectivity index (χ0) is 9.52. The van der Waals surface area contributed by atoms with Gasteiger partial charge in [0.2, 0.25) is 0 Å². The van der Waals surface area contributed by atoms with E-state index in [2.05, 4.69) is 31.2 Å². The van der Waals surface area contributed by atoms with Crippen LogP contribution in [0.3, 0.4) is 0 Å². The van der Waals surface area contributed by atoms with Gasteiger partial charge in [0.1, 0.15) is 5.75 Å². The first-order chi connectivity index (χ1) is 6.36. The number of hydrogen-bond donors (Lipinski definition) is 0. The molecule has 0 saturated carbocycles. The van der Waals surface area contributed by atoms with Crippen LogP contribution in [0.25, 0.3) is 6.08 Å². The van der Waals surface area contributed by atoms with Crippen LogP contribution in [-0.4, -0.2) is 6.61 Å². The third-order valence-electron chi connectivity index (χ3n) is 1.74. The summed E-state index contributed by atoms with van der Waals surface area (Å²) in [6.45, 7) is 4.85. The van der Waals surface area contributed by atoms with Crippen molar-refractivity contribution in [2.75, 3.05) is 6.61 Å². The van der Waals surface area contributed by atoms with Gasteiger partial charge in [-0.25, -0.2) is 0 Å². The molecule has 0 radical (unpaired) electrons. The molecule has 0 atom stereocenters. The first kappa shape index (κ1) is 9.85. The fraction of sp³-hybridized carbons (Fsp3) is 0.333. The highest BCUT2D eigenvalue weighted by Gasteiger charge is 1.90. The summed E-state index contributed by atoms with van der Waals surface area (Å²) in [6.07, 6.45) is 5.35. The fourth-order valence-electron chi connectivity index (χ4n) is 1.10. The number of hydrogen-bond acceptors (Lipinski definition) is 1. The van der Waals surface area contributed by atoms with E-state index in [0.717, 1.165) is 18.8 Å². The molecule has 0 unspecified atom stereocenters. The molecule has 0 aliphatic carbocycles. The molecule has 0 spiro atoms. The normalized spacial score (nSPS) is 10.6. The molecule has 0 aliphatic heterocycles. The molecule has 0 amide bonds. The lowest BCUT2D eigenvalue weighted by molar-refractivity contribution is 0.340. The van der Waals surface area contributed by atoms with Gasteiger partial charge in [0.05, 0.1) is 6.61 Å². The Morgan fingerprint density at radius 3 is 2.38 bits per heavy atom. The van der Waals surface area contributed by atoms with E-state index in [9.17, 15) is 0 Å². The van der Waals surface area contributed by atoms with Gasteiger partial charge >= 0.3 is 0 Å². The standard InChI is InChI=1S/C12H16O/c1-3-5-6-11-7-9-12(10-8-11)13-4-2/h5-10H,3-4H2,1-2H3. The van der Waals surface area contributed by atoms with Gasteiger partial charge in [-0.05, 0) is 31.0 Å². The highest BCUT2D eigenvalue weighted by Crippen LogP contribution is 2.12. The van der Waals surface area contributed by atoms with Crippen molar-refractivity contribution >= 4 is 6.08 Å². The van der Waals surface area contributed by atoms with E-state index in [0.29, 0.717) is 0 Å². The van der Waals surface area contributed by atoms with E-state index in [-0.39, 0.29) is 0 Å². The van der Waals surface area contributed by atoms with E-state index in [1.54, 1.807) is 0 Å². The predicted molar refractivity (Wildman–Crippen MR) is 56.9 cm³/mol. The monoisotopic (exact) mass is 176 g/mol. The van der Waals surface area contributed by atoms with E-state index in [4.69, 9.17) is 4.74 Å². The van der Waals surface area contributed by atoms with E-state index < -0.39 is 0 Å². The third kappa shape index (κ3) is 3.32. The van der Waals surface area contributed by atoms with Crippen LogP contribution in [-0.2, 0) is 0 Å². The lowest BCUT2D eigenvalue weighted by atomic mass is 10.2. The Morgan fingerprint density at radius 1 is 1.15 bits per heavy atom. The van der Waals surface area contributed by atoms with Gasteiger partial charge in [0.25, 0.3) is 0 Å². The second kappa shape index (κ2) is 5.41. The molecule has 1 rings (SSSR count). The van der Waals surface area contributed by atoms with E-state index in [1.807, 2.05) is 19.1 Å². The number of rotatable bonds is 4. The molecule has 13 heavy (non-hydrogen) atoms. The van der Waals surface area contributed by atoms with Gasteiger partial charge in [-0.1, -0.05) is 31.2 Å². The maximum Gasteiger partial charge on any atom is 0.119 e. The Hall–Kier alpha value is -1.24. The van der Waals surface area contributed by atoms with Crippen LogP contribution in [0.1, 0.15) is 25.8 Å². The molecule has 1 aromatic carbocycles. The predicted octanol–water partition coefficient (Wildman–Crippen LogP) is 3.51. The summed E-state index contributed by atoms with van der Waals surface area (Å²) in [7, 11) is 0. The Kier molecular flexibility index (Phi) is 4.10. The van der Waals surface area contributed by atoms with Crippen molar-refractivity contribution in [3.05, 3.63) is 35.9 Å². The zero-order valence-corrected chi connectivity index (χ0v) is 8.29. The van der Waals surface area contributed by atoms with Gasteiger partial charge in [0.15, 0.2) is 0 Å². The van der Waals surface area contributed by atoms with Crippen molar-refractivity contribution in [2.45, 2.75) is 20.3 Å². The van der Waals surface area contributed by atoms with Gasteiger partial charge in [-0.2, -0.15) is 0 Å². The van der Waals surface area contributed by atoms with E-state index >= 15 is 0 Å². The summed E-state index contributed by atoms with van der Waals surface area (Å²) in [6, 6.07) is 8.13. The third-order valence-corrected chi connectivity index (χ3v) is 1.74. The van der Waals surface area contributed by atoms with Crippen LogP contribution >= 0.6 is 0 Å². The second-order valence-corrected chi connectivity index (χ2v) is 2.81. The first-order valence-corrected chi connectivity index (χ1v) is 4.76. The van der Waals surface area contributed by atoms with Crippen molar-refractivity contribution in [2.24, 2.45) is 0 Å².